The van der Waals surface area contributed by atoms with Crippen molar-refractivity contribution in [2.45, 2.75) is 6.54 Å². The Morgan fingerprint density at radius 2 is 1.69 bits per heavy atom. The number of nitrogens with one attached hydrogen (secondary N) is 1. The number of rotatable bonds is 3. The summed E-state index contributed by atoms with van der Waals surface area (Å²) < 4.78 is 0. The topological polar surface area (TPSA) is 15.3 Å². The normalized spacial score (nSPS) is 10.8. The van der Waals surface area contributed by atoms with Gasteiger partial charge in [0, 0.05) is 30.7 Å². The van der Waals surface area contributed by atoms with Gasteiger partial charge in [-0.05, 0) is 23.8 Å². The van der Waals surface area contributed by atoms with Gasteiger partial charge in [0.1, 0.15) is 0 Å². The molecule has 13 heavy (non-hydrogen) atoms. The molecular weight excluding hydrogens is 207 g/mol. The fraction of sp³-hybridized carbons (Fsp3) is 0.333. The summed E-state index contributed by atoms with van der Waals surface area (Å²) in [5.74, 6) is 0. The van der Waals surface area contributed by atoms with E-state index in [4.69, 9.17) is 23.2 Å². The Labute approximate surface area is 88.4 Å². The lowest BCUT2D eigenvalue weighted by atomic mass is 10.2. The van der Waals surface area contributed by atoms with Crippen LogP contribution in [0.25, 0.3) is 0 Å². The van der Waals surface area contributed by atoms with Gasteiger partial charge in [0.2, 0.25) is 0 Å². The molecule has 0 saturated carbocycles. The molecule has 0 radical (unpaired) electrons. The van der Waals surface area contributed by atoms with E-state index < -0.39 is 0 Å². The molecule has 72 valence electrons. The van der Waals surface area contributed by atoms with Crippen molar-refractivity contribution in [3.8, 4) is 0 Å². The number of halogens is 2. The molecule has 0 amide bonds. The summed E-state index contributed by atoms with van der Waals surface area (Å²) in [7, 11) is 3.87. The van der Waals surface area contributed by atoms with E-state index >= 15 is 0 Å². The van der Waals surface area contributed by atoms with Gasteiger partial charge in [-0.3, -0.25) is 10.4 Å². The molecule has 1 rings (SSSR count). The second kappa shape index (κ2) is 4.82. The van der Waals surface area contributed by atoms with Gasteiger partial charge in [-0.1, -0.05) is 23.2 Å². The maximum Gasteiger partial charge on any atom is 0.0424 e. The Morgan fingerprint density at radius 1 is 1.15 bits per heavy atom. The molecule has 0 spiro atoms. The molecule has 0 aliphatic heterocycles. The van der Waals surface area contributed by atoms with E-state index in [0.717, 1.165) is 12.1 Å². The van der Waals surface area contributed by atoms with Gasteiger partial charge >= 0.3 is 0 Å². The molecule has 0 fully saturated rings. The fourth-order valence-electron chi connectivity index (χ4n) is 0.962. The largest absolute Gasteiger partial charge is 0.251 e. The molecule has 2 nitrogen and oxygen atoms in total. The van der Waals surface area contributed by atoms with Crippen molar-refractivity contribution < 1.29 is 0 Å². The van der Waals surface area contributed by atoms with Gasteiger partial charge < -0.3 is 0 Å². The predicted molar refractivity (Wildman–Crippen MR) is 57.0 cm³/mol. The lowest BCUT2D eigenvalue weighted by Crippen LogP contribution is -2.29. The molecule has 0 aliphatic carbocycles. The van der Waals surface area contributed by atoms with Crippen molar-refractivity contribution >= 4 is 23.2 Å². The quantitative estimate of drug-likeness (QED) is 0.786. The van der Waals surface area contributed by atoms with Gasteiger partial charge in [-0.2, -0.15) is 0 Å². The first kappa shape index (κ1) is 10.8. The molecule has 0 atom stereocenters. The van der Waals surface area contributed by atoms with Crippen molar-refractivity contribution in [3.05, 3.63) is 33.8 Å². The van der Waals surface area contributed by atoms with Crippen LogP contribution >= 0.6 is 23.2 Å². The van der Waals surface area contributed by atoms with E-state index in [1.54, 1.807) is 6.07 Å². The Morgan fingerprint density at radius 3 is 2.15 bits per heavy atom. The molecule has 1 aromatic rings. The number of hydrazine groups is 1. The van der Waals surface area contributed by atoms with Crippen LogP contribution in [0.15, 0.2) is 18.2 Å². The van der Waals surface area contributed by atoms with E-state index in [0.29, 0.717) is 10.0 Å². The molecule has 0 bridgehead atoms. The summed E-state index contributed by atoms with van der Waals surface area (Å²) in [4.78, 5) is 0. The monoisotopic (exact) mass is 218 g/mol. The van der Waals surface area contributed by atoms with Crippen LogP contribution in [-0.2, 0) is 6.54 Å². The number of hydrogen-bond acceptors (Lipinski definition) is 2. The minimum Gasteiger partial charge on any atom is -0.251 e. The average molecular weight is 219 g/mol. The molecule has 1 aromatic carbocycles. The van der Waals surface area contributed by atoms with E-state index in [9.17, 15) is 0 Å². The van der Waals surface area contributed by atoms with Crippen LogP contribution in [-0.4, -0.2) is 19.1 Å². The highest BCUT2D eigenvalue weighted by Crippen LogP contribution is 2.18. The van der Waals surface area contributed by atoms with Gasteiger partial charge in [0.15, 0.2) is 0 Å². The van der Waals surface area contributed by atoms with Crippen molar-refractivity contribution in [2.24, 2.45) is 0 Å². The third-order valence-electron chi connectivity index (χ3n) is 1.52. The van der Waals surface area contributed by atoms with Crippen LogP contribution in [0.4, 0.5) is 0 Å². The Hall–Kier alpha value is -0.280. The predicted octanol–water partition coefficient (Wildman–Crippen LogP) is 2.56. The van der Waals surface area contributed by atoms with E-state index in [1.165, 1.54) is 0 Å². The van der Waals surface area contributed by atoms with E-state index in [1.807, 2.05) is 31.2 Å². The number of nitrogens with zero attached hydrogens (tertiary/aromatic N) is 1. The Bertz CT molecular complexity index is 267. The summed E-state index contributed by atoms with van der Waals surface area (Å²) in [5.41, 5.74) is 4.21. The molecule has 0 saturated heterocycles. The molecule has 1 N–H and O–H groups in total. The molecular formula is C9H12Cl2N2. The smallest absolute Gasteiger partial charge is 0.0424 e. The standard InChI is InChI=1S/C9H12Cl2N2/c1-13(2)12-6-7-3-8(10)5-9(11)4-7/h3-5,12H,6H2,1-2H3. The number of hydrogen-bond donors (Lipinski definition) is 1. The maximum atomic E-state index is 5.84. The second-order valence-corrected chi connectivity index (χ2v) is 3.88. The van der Waals surface area contributed by atoms with Crippen LogP contribution < -0.4 is 5.43 Å². The lowest BCUT2D eigenvalue weighted by molar-refractivity contribution is 0.286. The van der Waals surface area contributed by atoms with Crippen LogP contribution in [0.3, 0.4) is 0 Å². The van der Waals surface area contributed by atoms with Crippen molar-refractivity contribution in [1.29, 1.82) is 0 Å². The van der Waals surface area contributed by atoms with Gasteiger partial charge in [-0.15, -0.1) is 0 Å². The van der Waals surface area contributed by atoms with Gasteiger partial charge in [-0.25, -0.2) is 0 Å². The third kappa shape index (κ3) is 3.96. The first-order valence-electron chi connectivity index (χ1n) is 3.94. The SMILES string of the molecule is CN(C)NCc1cc(Cl)cc(Cl)c1. The minimum atomic E-state index is 0.669. The zero-order valence-electron chi connectivity index (χ0n) is 7.64. The van der Waals surface area contributed by atoms with E-state index in [-0.39, 0.29) is 0 Å². The lowest BCUT2D eigenvalue weighted by Gasteiger charge is -2.11. The summed E-state index contributed by atoms with van der Waals surface area (Å²) in [5, 5.41) is 3.22. The van der Waals surface area contributed by atoms with Crippen LogP contribution in [0, 0.1) is 0 Å². The van der Waals surface area contributed by atoms with Crippen molar-refractivity contribution in [2.75, 3.05) is 14.1 Å². The summed E-state index contributed by atoms with van der Waals surface area (Å²) in [6, 6.07) is 5.51. The van der Waals surface area contributed by atoms with Crippen molar-refractivity contribution in [1.82, 2.24) is 10.4 Å². The van der Waals surface area contributed by atoms with Crippen LogP contribution in [0.5, 0.6) is 0 Å². The van der Waals surface area contributed by atoms with Crippen LogP contribution in [0.1, 0.15) is 5.56 Å². The summed E-state index contributed by atoms with van der Waals surface area (Å²) >= 11 is 11.7. The van der Waals surface area contributed by atoms with E-state index in [2.05, 4.69) is 5.43 Å². The molecule has 0 unspecified atom stereocenters. The van der Waals surface area contributed by atoms with Gasteiger partial charge in [0.25, 0.3) is 0 Å². The Balaban J connectivity index is 2.66. The zero-order valence-corrected chi connectivity index (χ0v) is 9.15. The maximum absolute atomic E-state index is 5.84. The highest BCUT2D eigenvalue weighted by atomic mass is 35.5. The fourth-order valence-corrected chi connectivity index (χ4v) is 1.53. The molecule has 0 heterocycles. The third-order valence-corrected chi connectivity index (χ3v) is 1.96. The average Bonchev–Trinajstić information content (AvgIpc) is 1.99. The first-order chi connectivity index (χ1) is 6.08. The molecule has 4 heteroatoms. The highest BCUT2D eigenvalue weighted by molar-refractivity contribution is 6.34. The molecule has 0 aromatic heterocycles. The van der Waals surface area contributed by atoms with Gasteiger partial charge in [0.05, 0.1) is 0 Å². The molecule has 0 aliphatic rings. The van der Waals surface area contributed by atoms with Crippen LogP contribution in [0.2, 0.25) is 10.0 Å². The summed E-state index contributed by atoms with van der Waals surface area (Å²) in [6.07, 6.45) is 0. The first-order valence-corrected chi connectivity index (χ1v) is 4.69. The summed E-state index contributed by atoms with van der Waals surface area (Å²) in [6.45, 7) is 0.729. The highest BCUT2D eigenvalue weighted by Gasteiger charge is 1.98. The number of benzene rings is 1. The zero-order chi connectivity index (χ0) is 9.84. The second-order valence-electron chi connectivity index (χ2n) is 3.01. The van der Waals surface area contributed by atoms with Crippen molar-refractivity contribution in [3.63, 3.8) is 0 Å². The minimum absolute atomic E-state index is 0.669. The Kier molecular flexibility index (Phi) is 4.00.